The first-order valence-electron chi connectivity index (χ1n) is 3.37. The summed E-state index contributed by atoms with van der Waals surface area (Å²) in [5.74, 6) is 0.617. The number of fused-ring (bicyclic) bond motifs is 1. The highest BCUT2D eigenvalue weighted by Gasteiger charge is 2.09. The summed E-state index contributed by atoms with van der Waals surface area (Å²) in [6, 6.07) is 0. The molecule has 1 heterocycles. The first-order valence-corrected chi connectivity index (χ1v) is 3.37. The first-order chi connectivity index (χ1) is 4.88. The highest BCUT2D eigenvalue weighted by Crippen LogP contribution is 2.20. The lowest BCUT2D eigenvalue weighted by Gasteiger charge is -2.01. The van der Waals surface area contributed by atoms with Crippen LogP contribution in [0.5, 0.6) is 0 Å². The Hall–Kier alpha value is -1.25. The van der Waals surface area contributed by atoms with Crippen molar-refractivity contribution >= 4 is 11.9 Å². The van der Waals surface area contributed by atoms with E-state index in [9.17, 15) is 0 Å². The van der Waals surface area contributed by atoms with E-state index in [1.54, 1.807) is 0 Å². The summed E-state index contributed by atoms with van der Waals surface area (Å²) in [7, 11) is 0. The molecule has 0 amide bonds. The quantitative estimate of drug-likeness (QED) is 0.556. The van der Waals surface area contributed by atoms with Gasteiger partial charge in [-0.2, -0.15) is 5.10 Å². The van der Waals surface area contributed by atoms with Crippen molar-refractivity contribution in [1.29, 1.82) is 0 Å². The maximum absolute atomic E-state index is 5.57. The van der Waals surface area contributed by atoms with Crippen molar-refractivity contribution in [1.82, 2.24) is 10.2 Å². The van der Waals surface area contributed by atoms with Gasteiger partial charge < -0.3 is 5.73 Å². The van der Waals surface area contributed by atoms with E-state index in [0.29, 0.717) is 5.82 Å². The van der Waals surface area contributed by atoms with Gasteiger partial charge in [-0.1, -0.05) is 12.2 Å². The Labute approximate surface area is 58.9 Å². The highest BCUT2D eigenvalue weighted by molar-refractivity contribution is 5.64. The van der Waals surface area contributed by atoms with Crippen LogP contribution in [0.25, 0.3) is 6.08 Å². The Morgan fingerprint density at radius 3 is 3.30 bits per heavy atom. The number of anilines is 1. The van der Waals surface area contributed by atoms with Crippen molar-refractivity contribution in [3.63, 3.8) is 0 Å². The normalized spacial score (nSPS) is 15.2. The fraction of sp³-hybridized carbons (Fsp3) is 0.286. The number of H-pyrrole nitrogens is 1. The van der Waals surface area contributed by atoms with Crippen LogP contribution < -0.4 is 5.73 Å². The first kappa shape index (κ1) is 5.53. The van der Waals surface area contributed by atoms with Gasteiger partial charge in [0, 0.05) is 11.3 Å². The van der Waals surface area contributed by atoms with Gasteiger partial charge in [-0.3, -0.25) is 5.10 Å². The number of nitrogens with one attached hydrogen (secondary N) is 1. The van der Waals surface area contributed by atoms with Crippen molar-refractivity contribution in [3.8, 4) is 0 Å². The van der Waals surface area contributed by atoms with Crippen LogP contribution in [0, 0.1) is 0 Å². The molecule has 3 nitrogen and oxygen atoms in total. The number of nitrogens with two attached hydrogens (primary N) is 1. The molecule has 3 heteroatoms. The minimum absolute atomic E-state index is 0.617. The average molecular weight is 135 g/mol. The van der Waals surface area contributed by atoms with E-state index in [1.807, 2.05) is 6.08 Å². The molecule has 2 rings (SSSR count). The topological polar surface area (TPSA) is 54.7 Å². The molecule has 0 saturated heterocycles. The third-order valence-electron chi connectivity index (χ3n) is 1.76. The molecule has 1 aromatic rings. The molecule has 0 atom stereocenters. The van der Waals surface area contributed by atoms with Gasteiger partial charge in [0.2, 0.25) is 0 Å². The molecule has 1 aromatic heterocycles. The highest BCUT2D eigenvalue weighted by atomic mass is 15.2. The maximum Gasteiger partial charge on any atom is 0.152 e. The molecule has 0 aromatic carbocycles. The summed E-state index contributed by atoms with van der Waals surface area (Å²) >= 11 is 0. The molecule has 52 valence electrons. The van der Waals surface area contributed by atoms with E-state index in [2.05, 4.69) is 16.3 Å². The zero-order chi connectivity index (χ0) is 6.97. The monoisotopic (exact) mass is 135 g/mol. The van der Waals surface area contributed by atoms with Gasteiger partial charge in [0.05, 0.1) is 0 Å². The maximum atomic E-state index is 5.57. The summed E-state index contributed by atoms with van der Waals surface area (Å²) in [4.78, 5) is 0. The number of aromatic nitrogens is 2. The van der Waals surface area contributed by atoms with E-state index in [-0.39, 0.29) is 0 Å². The number of aryl methyl sites for hydroxylation is 1. The van der Waals surface area contributed by atoms with Crippen LogP contribution in [0.1, 0.15) is 17.7 Å². The fourth-order valence-corrected chi connectivity index (χ4v) is 1.21. The van der Waals surface area contributed by atoms with Crippen molar-refractivity contribution in [2.75, 3.05) is 5.73 Å². The molecule has 3 N–H and O–H groups in total. The second-order valence-corrected chi connectivity index (χ2v) is 2.44. The predicted molar refractivity (Wildman–Crippen MR) is 40.4 cm³/mol. The molecule has 1 aliphatic rings. The van der Waals surface area contributed by atoms with Crippen LogP contribution in [0.4, 0.5) is 5.82 Å². The summed E-state index contributed by atoms with van der Waals surface area (Å²) in [6.07, 6.45) is 6.27. The number of rotatable bonds is 0. The number of allylic oxidation sites excluding steroid dienone is 1. The number of hydrogen-bond donors (Lipinski definition) is 2. The Morgan fingerprint density at radius 1 is 1.60 bits per heavy atom. The summed E-state index contributed by atoms with van der Waals surface area (Å²) < 4.78 is 0. The Morgan fingerprint density at radius 2 is 2.50 bits per heavy atom. The van der Waals surface area contributed by atoms with Crippen molar-refractivity contribution < 1.29 is 0 Å². The van der Waals surface area contributed by atoms with Crippen LogP contribution in [0.3, 0.4) is 0 Å². The minimum Gasteiger partial charge on any atom is -0.382 e. The van der Waals surface area contributed by atoms with Crippen molar-refractivity contribution in [3.05, 3.63) is 17.3 Å². The second kappa shape index (κ2) is 1.87. The SMILES string of the molecule is Nc1n[nH]c2c1C=CCC2. The largest absolute Gasteiger partial charge is 0.382 e. The number of nitrogens with zero attached hydrogens (tertiary/aromatic N) is 1. The lowest BCUT2D eigenvalue weighted by atomic mass is 10.1. The van der Waals surface area contributed by atoms with Crippen LogP contribution in [-0.2, 0) is 6.42 Å². The fourth-order valence-electron chi connectivity index (χ4n) is 1.21. The van der Waals surface area contributed by atoms with Crippen molar-refractivity contribution in [2.45, 2.75) is 12.8 Å². The van der Waals surface area contributed by atoms with E-state index in [1.165, 1.54) is 5.69 Å². The molecule has 0 radical (unpaired) electrons. The molecule has 0 fully saturated rings. The van der Waals surface area contributed by atoms with Crippen LogP contribution in [-0.4, -0.2) is 10.2 Å². The Balaban J connectivity index is 2.57. The van der Waals surface area contributed by atoms with Gasteiger partial charge in [-0.05, 0) is 12.8 Å². The van der Waals surface area contributed by atoms with Gasteiger partial charge in [0.15, 0.2) is 5.82 Å². The van der Waals surface area contributed by atoms with E-state index in [0.717, 1.165) is 18.4 Å². The smallest absolute Gasteiger partial charge is 0.152 e. The third kappa shape index (κ3) is 0.635. The molecule has 0 saturated carbocycles. The zero-order valence-electron chi connectivity index (χ0n) is 5.59. The van der Waals surface area contributed by atoms with E-state index >= 15 is 0 Å². The summed E-state index contributed by atoms with van der Waals surface area (Å²) in [5, 5.41) is 6.80. The molecular formula is C7H9N3. The molecule has 0 unspecified atom stereocenters. The van der Waals surface area contributed by atoms with E-state index < -0.39 is 0 Å². The van der Waals surface area contributed by atoms with Gasteiger partial charge in [-0.25, -0.2) is 0 Å². The lowest BCUT2D eigenvalue weighted by molar-refractivity contribution is 0.908. The molecule has 0 spiro atoms. The number of nitrogen functional groups attached to an aromatic ring is 1. The Kier molecular flexibility index (Phi) is 1.03. The lowest BCUT2D eigenvalue weighted by Crippen LogP contribution is -1.93. The third-order valence-corrected chi connectivity index (χ3v) is 1.76. The molecule has 0 aliphatic heterocycles. The minimum atomic E-state index is 0.617. The van der Waals surface area contributed by atoms with Gasteiger partial charge in [0.1, 0.15) is 0 Å². The van der Waals surface area contributed by atoms with Gasteiger partial charge in [-0.15, -0.1) is 0 Å². The molecule has 1 aliphatic carbocycles. The van der Waals surface area contributed by atoms with Crippen LogP contribution in [0.15, 0.2) is 6.08 Å². The summed E-state index contributed by atoms with van der Waals surface area (Å²) in [6.45, 7) is 0. The van der Waals surface area contributed by atoms with Crippen LogP contribution >= 0.6 is 0 Å². The van der Waals surface area contributed by atoms with Crippen LogP contribution in [0.2, 0.25) is 0 Å². The molecule has 0 bridgehead atoms. The van der Waals surface area contributed by atoms with Gasteiger partial charge in [0.25, 0.3) is 0 Å². The molecular weight excluding hydrogens is 126 g/mol. The molecule has 10 heavy (non-hydrogen) atoms. The predicted octanol–water partition coefficient (Wildman–Crippen LogP) is 0.951. The van der Waals surface area contributed by atoms with Crippen molar-refractivity contribution in [2.24, 2.45) is 0 Å². The Bertz CT molecular complexity index is 272. The summed E-state index contributed by atoms with van der Waals surface area (Å²) in [5.41, 5.74) is 7.81. The standard InChI is InChI=1S/C7H9N3/c8-7-5-3-1-2-4-6(5)9-10-7/h1,3H,2,4H2,(H3,8,9,10). The zero-order valence-corrected chi connectivity index (χ0v) is 5.59. The van der Waals surface area contributed by atoms with E-state index in [4.69, 9.17) is 5.73 Å². The second-order valence-electron chi connectivity index (χ2n) is 2.44. The number of hydrogen-bond acceptors (Lipinski definition) is 2. The number of aromatic amines is 1. The average Bonchev–Trinajstić information content (AvgIpc) is 2.34. The van der Waals surface area contributed by atoms with Gasteiger partial charge >= 0.3 is 0 Å².